The van der Waals surface area contributed by atoms with E-state index in [1.807, 2.05) is 48.7 Å². The Labute approximate surface area is 163 Å². The molecular weight excluding hydrogens is 362 g/mol. The van der Waals surface area contributed by atoms with Crippen LogP contribution in [0.2, 0.25) is 0 Å². The van der Waals surface area contributed by atoms with E-state index in [0.29, 0.717) is 31.9 Å². The highest BCUT2D eigenvalue weighted by molar-refractivity contribution is 7.09. The molecule has 2 aromatic rings. The van der Waals surface area contributed by atoms with Crippen molar-refractivity contribution < 1.29 is 14.3 Å². The van der Waals surface area contributed by atoms with Gasteiger partial charge >= 0.3 is 6.03 Å². The van der Waals surface area contributed by atoms with E-state index in [1.54, 1.807) is 21.1 Å². The number of para-hydroxylation sites is 1. The minimum atomic E-state index is -0.0632. The summed E-state index contributed by atoms with van der Waals surface area (Å²) in [4.78, 5) is 29.5. The van der Waals surface area contributed by atoms with Gasteiger partial charge in [0.2, 0.25) is 0 Å². The van der Waals surface area contributed by atoms with Crippen molar-refractivity contribution in [2.24, 2.45) is 0 Å². The van der Waals surface area contributed by atoms with E-state index < -0.39 is 0 Å². The largest absolute Gasteiger partial charge is 0.484 e. The molecule has 0 unspecified atom stereocenters. The van der Waals surface area contributed by atoms with Crippen LogP contribution in [0.3, 0.4) is 0 Å². The fraction of sp³-hybridized carbons (Fsp3) is 0.400. The summed E-state index contributed by atoms with van der Waals surface area (Å²) in [6, 6.07) is 13.4. The molecule has 3 amide bonds. The number of ether oxygens (including phenoxy) is 1. The van der Waals surface area contributed by atoms with Gasteiger partial charge in [0.05, 0.1) is 0 Å². The molecule has 1 aromatic carbocycles. The lowest BCUT2D eigenvalue weighted by Gasteiger charge is -2.35. The molecule has 0 spiro atoms. The summed E-state index contributed by atoms with van der Waals surface area (Å²) in [5.74, 6) is 0.633. The third-order valence-corrected chi connectivity index (χ3v) is 5.38. The number of piperazine rings is 1. The van der Waals surface area contributed by atoms with Gasteiger partial charge in [-0.25, -0.2) is 4.79 Å². The number of hydrogen-bond donors (Lipinski definition) is 1. The van der Waals surface area contributed by atoms with Crippen LogP contribution in [0.1, 0.15) is 11.8 Å². The van der Waals surface area contributed by atoms with Crippen LogP contribution in [0.5, 0.6) is 5.75 Å². The molecule has 1 aliphatic rings. The minimum Gasteiger partial charge on any atom is -0.484 e. The summed E-state index contributed by atoms with van der Waals surface area (Å²) in [6.07, 6.45) is 0.832. The molecule has 144 valence electrons. The Bertz CT molecular complexity index is 728. The zero-order valence-electron chi connectivity index (χ0n) is 15.5. The van der Waals surface area contributed by atoms with Gasteiger partial charge in [0.15, 0.2) is 6.61 Å². The quantitative estimate of drug-likeness (QED) is 0.829. The number of amides is 3. The molecule has 1 aliphatic heterocycles. The number of nitrogens with one attached hydrogen (secondary N) is 1. The van der Waals surface area contributed by atoms with Crippen molar-refractivity contribution in [3.05, 3.63) is 52.7 Å². The van der Waals surface area contributed by atoms with Crippen LogP contribution in [0.25, 0.3) is 0 Å². The molecule has 1 aromatic heterocycles. The Hall–Kier alpha value is -2.54. The van der Waals surface area contributed by atoms with Crippen LogP contribution in [0, 0.1) is 0 Å². The standard InChI is InChI=1S/C20H25N3O3S/c1-16(14-18-8-5-13-27-18)21-20(25)23-11-9-22(10-12-23)19(24)15-26-17-6-3-2-4-7-17/h2-8,13,16H,9-12,14-15H2,1H3,(H,21,25)/t16-/m1/s1. The van der Waals surface area contributed by atoms with Crippen molar-refractivity contribution in [2.75, 3.05) is 32.8 Å². The second kappa shape index (κ2) is 9.41. The van der Waals surface area contributed by atoms with Gasteiger partial charge in [-0.3, -0.25) is 4.79 Å². The number of urea groups is 1. The van der Waals surface area contributed by atoms with Crippen LogP contribution < -0.4 is 10.1 Å². The van der Waals surface area contributed by atoms with Crippen molar-refractivity contribution in [3.8, 4) is 5.75 Å². The molecule has 1 fully saturated rings. The van der Waals surface area contributed by atoms with Gasteiger partial charge in [0.1, 0.15) is 5.75 Å². The number of rotatable bonds is 6. The molecule has 0 saturated carbocycles. The van der Waals surface area contributed by atoms with E-state index >= 15 is 0 Å². The molecule has 0 bridgehead atoms. The summed E-state index contributed by atoms with van der Waals surface area (Å²) < 4.78 is 5.51. The van der Waals surface area contributed by atoms with Gasteiger partial charge in [0.25, 0.3) is 5.91 Å². The van der Waals surface area contributed by atoms with Crippen molar-refractivity contribution >= 4 is 23.3 Å². The van der Waals surface area contributed by atoms with E-state index in [1.165, 1.54) is 4.88 Å². The summed E-state index contributed by atoms with van der Waals surface area (Å²) in [5, 5.41) is 5.09. The monoisotopic (exact) mass is 387 g/mol. The maximum atomic E-state index is 12.4. The van der Waals surface area contributed by atoms with Gasteiger partial charge < -0.3 is 19.9 Å². The molecule has 0 radical (unpaired) electrons. The van der Waals surface area contributed by atoms with Gasteiger partial charge in [-0.15, -0.1) is 11.3 Å². The molecule has 1 atom stereocenters. The first-order chi connectivity index (χ1) is 13.1. The lowest BCUT2D eigenvalue weighted by molar-refractivity contribution is -0.134. The first kappa shape index (κ1) is 19.2. The van der Waals surface area contributed by atoms with Crippen LogP contribution in [-0.4, -0.2) is 60.6 Å². The van der Waals surface area contributed by atoms with Crippen molar-refractivity contribution in [1.29, 1.82) is 0 Å². The molecule has 7 heteroatoms. The minimum absolute atomic E-state index is 0.0219. The van der Waals surface area contributed by atoms with Crippen LogP contribution in [-0.2, 0) is 11.2 Å². The smallest absolute Gasteiger partial charge is 0.317 e. The fourth-order valence-electron chi connectivity index (χ4n) is 3.00. The van der Waals surface area contributed by atoms with Gasteiger partial charge in [0, 0.05) is 43.5 Å². The molecule has 6 nitrogen and oxygen atoms in total. The normalized spacial score (nSPS) is 15.3. The highest BCUT2D eigenvalue weighted by Gasteiger charge is 2.25. The summed E-state index contributed by atoms with van der Waals surface area (Å²) in [6.45, 7) is 4.17. The molecule has 0 aliphatic carbocycles. The third kappa shape index (κ3) is 5.72. The third-order valence-electron chi connectivity index (χ3n) is 4.48. The highest BCUT2D eigenvalue weighted by Crippen LogP contribution is 2.12. The molecule has 3 rings (SSSR count). The number of benzene rings is 1. The maximum Gasteiger partial charge on any atom is 0.317 e. The Balaban J connectivity index is 1.38. The van der Waals surface area contributed by atoms with Crippen molar-refractivity contribution in [2.45, 2.75) is 19.4 Å². The first-order valence-corrected chi connectivity index (χ1v) is 10.0. The molecule has 1 saturated heterocycles. The lowest BCUT2D eigenvalue weighted by Crippen LogP contribution is -2.55. The van der Waals surface area contributed by atoms with E-state index in [-0.39, 0.29) is 24.6 Å². The highest BCUT2D eigenvalue weighted by atomic mass is 32.1. The van der Waals surface area contributed by atoms with Crippen molar-refractivity contribution in [1.82, 2.24) is 15.1 Å². The Morgan fingerprint density at radius 1 is 1.07 bits per heavy atom. The van der Waals surface area contributed by atoms with E-state index in [9.17, 15) is 9.59 Å². The van der Waals surface area contributed by atoms with E-state index in [4.69, 9.17) is 4.74 Å². The Morgan fingerprint density at radius 3 is 2.44 bits per heavy atom. The average Bonchev–Trinajstić information content (AvgIpc) is 3.20. The Kier molecular flexibility index (Phi) is 6.70. The average molecular weight is 388 g/mol. The van der Waals surface area contributed by atoms with Gasteiger partial charge in [-0.1, -0.05) is 24.3 Å². The number of carbonyl (C=O) groups excluding carboxylic acids is 2. The number of carbonyl (C=O) groups is 2. The fourth-order valence-corrected chi connectivity index (χ4v) is 3.83. The van der Waals surface area contributed by atoms with E-state index in [2.05, 4.69) is 11.4 Å². The molecule has 2 heterocycles. The second-order valence-electron chi connectivity index (χ2n) is 6.60. The Morgan fingerprint density at radius 2 is 1.78 bits per heavy atom. The number of nitrogens with zero attached hydrogens (tertiary/aromatic N) is 2. The predicted molar refractivity (Wildman–Crippen MR) is 106 cm³/mol. The van der Waals surface area contributed by atoms with Crippen LogP contribution in [0.4, 0.5) is 4.79 Å². The molecule has 1 N–H and O–H groups in total. The lowest BCUT2D eigenvalue weighted by atomic mass is 10.2. The summed E-state index contributed by atoms with van der Waals surface area (Å²) in [5.41, 5.74) is 0. The first-order valence-electron chi connectivity index (χ1n) is 9.15. The summed E-state index contributed by atoms with van der Waals surface area (Å²) >= 11 is 1.70. The van der Waals surface area contributed by atoms with Crippen molar-refractivity contribution in [3.63, 3.8) is 0 Å². The van der Waals surface area contributed by atoms with E-state index in [0.717, 1.165) is 6.42 Å². The molecule has 27 heavy (non-hydrogen) atoms. The molecular formula is C20H25N3O3S. The number of hydrogen-bond acceptors (Lipinski definition) is 4. The number of thiophene rings is 1. The van der Waals surface area contributed by atoms with Gasteiger partial charge in [-0.05, 0) is 30.5 Å². The topological polar surface area (TPSA) is 61.9 Å². The predicted octanol–water partition coefficient (Wildman–Crippen LogP) is 2.61. The SMILES string of the molecule is C[C@H](Cc1cccs1)NC(=O)N1CCN(C(=O)COc2ccccc2)CC1. The summed E-state index contributed by atoms with van der Waals surface area (Å²) in [7, 11) is 0. The zero-order chi connectivity index (χ0) is 19.1. The van der Waals surface area contributed by atoms with Crippen LogP contribution >= 0.6 is 11.3 Å². The van der Waals surface area contributed by atoms with Crippen LogP contribution in [0.15, 0.2) is 47.8 Å². The second-order valence-corrected chi connectivity index (χ2v) is 7.64. The van der Waals surface area contributed by atoms with Gasteiger partial charge in [-0.2, -0.15) is 0 Å². The maximum absolute atomic E-state index is 12.4. The zero-order valence-corrected chi connectivity index (χ0v) is 16.3.